The van der Waals surface area contributed by atoms with Crippen molar-refractivity contribution >= 4 is 10.0 Å². The normalized spacial score (nSPS) is 24.2. The molecule has 0 radical (unpaired) electrons. The minimum Gasteiger partial charge on any atom is -0.392 e. The van der Waals surface area contributed by atoms with Gasteiger partial charge in [-0.3, -0.25) is 0 Å². The Morgan fingerprint density at radius 2 is 2.14 bits per heavy atom. The second kappa shape index (κ2) is 6.44. The zero-order valence-corrected chi connectivity index (χ0v) is 13.6. The molecule has 0 saturated carbocycles. The van der Waals surface area contributed by atoms with Gasteiger partial charge in [0.25, 0.3) is 0 Å². The summed E-state index contributed by atoms with van der Waals surface area (Å²) in [4.78, 5) is 0.276. The first-order valence-electron chi connectivity index (χ1n) is 7.14. The fourth-order valence-corrected chi connectivity index (χ4v) is 4.52. The summed E-state index contributed by atoms with van der Waals surface area (Å²) < 4.78 is 32.6. The van der Waals surface area contributed by atoms with Crippen molar-refractivity contribution < 1.29 is 18.3 Å². The Kier molecular flexibility index (Phi) is 5.03. The number of aliphatic hydroxyl groups is 1. The van der Waals surface area contributed by atoms with Crippen LogP contribution in [0.4, 0.5) is 0 Å². The van der Waals surface area contributed by atoms with Gasteiger partial charge in [-0.1, -0.05) is 19.1 Å². The van der Waals surface area contributed by atoms with E-state index in [2.05, 4.69) is 6.92 Å². The maximum Gasteiger partial charge on any atom is 0.243 e. The minimum atomic E-state index is -3.55. The van der Waals surface area contributed by atoms with Gasteiger partial charge in [0.1, 0.15) is 0 Å². The standard InChI is InChI=1S/C15H23NO4S/c1-11-7-8-16(9-14(11)20-3)21(18,19)15-6-4-5-13(10-17)12(15)2/h4-6,11,14,17H,7-10H2,1-3H3. The van der Waals surface area contributed by atoms with Crippen molar-refractivity contribution in [3.05, 3.63) is 29.3 Å². The molecule has 1 aliphatic heterocycles. The largest absolute Gasteiger partial charge is 0.392 e. The summed E-state index contributed by atoms with van der Waals surface area (Å²) in [7, 11) is -1.93. The Balaban J connectivity index is 2.34. The predicted octanol–water partition coefficient (Wildman–Crippen LogP) is 1.53. The SMILES string of the molecule is COC1CN(S(=O)(=O)c2cccc(CO)c2C)CCC1C. The first-order valence-corrected chi connectivity index (χ1v) is 8.58. The molecular formula is C15H23NO4S. The number of aliphatic hydroxyl groups excluding tert-OH is 1. The lowest BCUT2D eigenvalue weighted by molar-refractivity contribution is 0.0183. The number of benzene rings is 1. The van der Waals surface area contributed by atoms with Gasteiger partial charge in [0.05, 0.1) is 17.6 Å². The maximum absolute atomic E-state index is 12.8. The molecule has 0 bridgehead atoms. The van der Waals surface area contributed by atoms with Gasteiger partial charge in [-0.25, -0.2) is 8.42 Å². The summed E-state index contributed by atoms with van der Waals surface area (Å²) in [5.74, 6) is 0.353. The Morgan fingerprint density at radius 1 is 1.43 bits per heavy atom. The predicted molar refractivity (Wildman–Crippen MR) is 80.4 cm³/mol. The van der Waals surface area contributed by atoms with Gasteiger partial charge >= 0.3 is 0 Å². The average molecular weight is 313 g/mol. The van der Waals surface area contributed by atoms with E-state index in [0.29, 0.717) is 30.1 Å². The van der Waals surface area contributed by atoms with E-state index in [1.54, 1.807) is 32.2 Å². The second-order valence-electron chi connectivity index (χ2n) is 5.60. The van der Waals surface area contributed by atoms with Crippen LogP contribution in [0.15, 0.2) is 23.1 Å². The molecule has 21 heavy (non-hydrogen) atoms. The zero-order chi connectivity index (χ0) is 15.6. The van der Waals surface area contributed by atoms with Crippen molar-refractivity contribution in [2.75, 3.05) is 20.2 Å². The summed E-state index contributed by atoms with van der Waals surface area (Å²) in [6.45, 7) is 4.54. The molecule has 0 aromatic heterocycles. The van der Waals surface area contributed by atoms with Crippen molar-refractivity contribution in [1.82, 2.24) is 4.31 Å². The van der Waals surface area contributed by atoms with Gasteiger partial charge in [0, 0.05) is 20.2 Å². The average Bonchev–Trinajstić information content (AvgIpc) is 2.47. The van der Waals surface area contributed by atoms with Crippen LogP contribution in [-0.2, 0) is 21.4 Å². The molecule has 0 aliphatic carbocycles. The highest BCUT2D eigenvalue weighted by Gasteiger charge is 2.34. The molecule has 1 N–H and O–H groups in total. The molecule has 1 fully saturated rings. The molecule has 2 unspecified atom stereocenters. The number of nitrogens with zero attached hydrogens (tertiary/aromatic N) is 1. The molecule has 0 amide bonds. The molecule has 1 aromatic carbocycles. The van der Waals surface area contributed by atoms with E-state index in [4.69, 9.17) is 4.74 Å². The molecule has 1 aliphatic rings. The van der Waals surface area contributed by atoms with Crippen molar-refractivity contribution in [3.63, 3.8) is 0 Å². The van der Waals surface area contributed by atoms with Gasteiger partial charge in [0.15, 0.2) is 0 Å². The molecule has 1 saturated heterocycles. The van der Waals surface area contributed by atoms with Gasteiger partial charge in [-0.2, -0.15) is 4.31 Å². The lowest BCUT2D eigenvalue weighted by Crippen LogP contribution is -2.46. The number of sulfonamides is 1. The van der Waals surface area contributed by atoms with Crippen LogP contribution in [0.3, 0.4) is 0 Å². The quantitative estimate of drug-likeness (QED) is 0.915. The van der Waals surface area contributed by atoms with Crippen LogP contribution in [0.2, 0.25) is 0 Å². The fourth-order valence-electron chi connectivity index (χ4n) is 2.78. The Hall–Kier alpha value is -0.950. The summed E-state index contributed by atoms with van der Waals surface area (Å²) in [6, 6.07) is 5.01. The lowest BCUT2D eigenvalue weighted by atomic mass is 9.97. The summed E-state index contributed by atoms with van der Waals surface area (Å²) in [6.07, 6.45) is 0.714. The monoisotopic (exact) mass is 313 g/mol. The Bertz CT molecular complexity index is 600. The van der Waals surface area contributed by atoms with Crippen LogP contribution in [0.1, 0.15) is 24.5 Å². The van der Waals surface area contributed by atoms with Crippen LogP contribution >= 0.6 is 0 Å². The molecule has 2 rings (SSSR count). The summed E-state index contributed by atoms with van der Waals surface area (Å²) >= 11 is 0. The third kappa shape index (κ3) is 3.13. The molecular weight excluding hydrogens is 290 g/mol. The van der Waals surface area contributed by atoms with Gasteiger partial charge in [0.2, 0.25) is 10.0 Å². The van der Waals surface area contributed by atoms with E-state index >= 15 is 0 Å². The highest BCUT2D eigenvalue weighted by atomic mass is 32.2. The van der Waals surface area contributed by atoms with E-state index < -0.39 is 10.0 Å². The van der Waals surface area contributed by atoms with Crippen molar-refractivity contribution in [3.8, 4) is 0 Å². The number of rotatable bonds is 4. The number of hydrogen-bond acceptors (Lipinski definition) is 4. The van der Waals surface area contributed by atoms with E-state index in [9.17, 15) is 13.5 Å². The van der Waals surface area contributed by atoms with Crippen LogP contribution in [-0.4, -0.2) is 44.1 Å². The number of piperidine rings is 1. The van der Waals surface area contributed by atoms with Crippen LogP contribution < -0.4 is 0 Å². The Morgan fingerprint density at radius 3 is 2.76 bits per heavy atom. The van der Waals surface area contributed by atoms with Crippen LogP contribution in [0, 0.1) is 12.8 Å². The number of methoxy groups -OCH3 is 1. The molecule has 1 aromatic rings. The first kappa shape index (κ1) is 16.4. The highest BCUT2D eigenvalue weighted by Crippen LogP contribution is 2.27. The van der Waals surface area contributed by atoms with Crippen molar-refractivity contribution in [2.24, 2.45) is 5.92 Å². The molecule has 1 heterocycles. The topological polar surface area (TPSA) is 66.8 Å². The highest BCUT2D eigenvalue weighted by molar-refractivity contribution is 7.89. The number of hydrogen-bond donors (Lipinski definition) is 1. The van der Waals surface area contributed by atoms with E-state index in [0.717, 1.165) is 6.42 Å². The van der Waals surface area contributed by atoms with Gasteiger partial charge in [-0.05, 0) is 36.5 Å². The number of ether oxygens (including phenoxy) is 1. The maximum atomic E-state index is 12.8. The molecule has 118 valence electrons. The van der Waals surface area contributed by atoms with E-state index in [1.807, 2.05) is 0 Å². The lowest BCUT2D eigenvalue weighted by Gasteiger charge is -2.35. The van der Waals surface area contributed by atoms with Crippen LogP contribution in [0.25, 0.3) is 0 Å². The van der Waals surface area contributed by atoms with E-state index in [1.165, 1.54) is 4.31 Å². The van der Waals surface area contributed by atoms with Crippen molar-refractivity contribution in [1.29, 1.82) is 0 Å². The minimum absolute atomic E-state index is 0.0742. The molecule has 2 atom stereocenters. The molecule has 5 nitrogen and oxygen atoms in total. The van der Waals surface area contributed by atoms with Crippen molar-refractivity contribution in [2.45, 2.75) is 37.9 Å². The third-order valence-electron chi connectivity index (χ3n) is 4.34. The van der Waals surface area contributed by atoms with E-state index in [-0.39, 0.29) is 17.6 Å². The molecule has 6 heteroatoms. The summed E-state index contributed by atoms with van der Waals surface area (Å²) in [5, 5.41) is 9.31. The first-order chi connectivity index (χ1) is 9.91. The summed E-state index contributed by atoms with van der Waals surface area (Å²) in [5.41, 5.74) is 1.26. The van der Waals surface area contributed by atoms with Gasteiger partial charge in [-0.15, -0.1) is 0 Å². The Labute approximate surface area is 126 Å². The van der Waals surface area contributed by atoms with Gasteiger partial charge < -0.3 is 9.84 Å². The third-order valence-corrected chi connectivity index (χ3v) is 6.35. The smallest absolute Gasteiger partial charge is 0.243 e. The second-order valence-corrected chi connectivity index (χ2v) is 7.51. The molecule has 0 spiro atoms. The fraction of sp³-hybridized carbons (Fsp3) is 0.600. The van der Waals surface area contributed by atoms with Crippen LogP contribution in [0.5, 0.6) is 0 Å². The zero-order valence-electron chi connectivity index (χ0n) is 12.7.